The average Bonchev–Trinajstić information content (AvgIpc) is 2.79. The predicted molar refractivity (Wildman–Crippen MR) is 106 cm³/mol. The Kier molecular flexibility index (Phi) is 5.92. The molecule has 1 aliphatic heterocycles. The maximum atomic E-state index is 13.4. The first-order valence-electron chi connectivity index (χ1n) is 8.49. The first kappa shape index (κ1) is 21.6. The first-order valence-corrected chi connectivity index (χ1v) is 11.0. The van der Waals surface area contributed by atoms with Gasteiger partial charge in [0.2, 0.25) is 9.84 Å². The van der Waals surface area contributed by atoms with Gasteiger partial charge in [-0.2, -0.15) is 0 Å². The van der Waals surface area contributed by atoms with Gasteiger partial charge in [0, 0.05) is 10.4 Å². The lowest BCUT2D eigenvalue weighted by Gasteiger charge is -2.29. The first-order chi connectivity index (χ1) is 12.3. The highest BCUT2D eigenvalue weighted by Gasteiger charge is 2.51. The number of hydrogen-bond donors (Lipinski definition) is 0. The van der Waals surface area contributed by atoms with E-state index in [0.717, 1.165) is 5.56 Å². The van der Waals surface area contributed by atoms with Gasteiger partial charge in [-0.1, -0.05) is 33.6 Å². The number of alkyl halides is 1. The minimum absolute atomic E-state index is 0.0415. The molecule has 0 N–H and O–H groups in total. The second-order valence-corrected chi connectivity index (χ2v) is 10.9. The highest BCUT2D eigenvalue weighted by atomic mass is 79.9. The van der Waals surface area contributed by atoms with Crippen LogP contribution < -0.4 is 0 Å². The largest absolute Gasteiger partial charge is 0.443 e. The second kappa shape index (κ2) is 7.39. The van der Waals surface area contributed by atoms with E-state index in [0.29, 0.717) is 10.5 Å². The Morgan fingerprint density at radius 2 is 1.70 bits per heavy atom. The summed E-state index contributed by atoms with van der Waals surface area (Å²) >= 11 is 3.37. The summed E-state index contributed by atoms with van der Waals surface area (Å²) in [4.78, 5) is 25.8. The lowest BCUT2D eigenvalue weighted by atomic mass is 10.1. The Morgan fingerprint density at radius 3 is 2.15 bits per heavy atom. The molecule has 1 heterocycles. The van der Waals surface area contributed by atoms with Crippen LogP contribution in [0.2, 0.25) is 0 Å². The van der Waals surface area contributed by atoms with Crippen LogP contribution >= 0.6 is 15.9 Å². The lowest BCUT2D eigenvalue weighted by molar-refractivity contribution is -0.125. The van der Waals surface area contributed by atoms with Gasteiger partial charge in [0.1, 0.15) is 5.60 Å². The number of imide groups is 1. The molecule has 0 saturated heterocycles. The Hall–Kier alpha value is -1.67. The number of benzene rings is 1. The summed E-state index contributed by atoms with van der Waals surface area (Å²) in [7, 11) is -4.05. The molecule has 0 spiro atoms. The molecule has 2 unspecified atom stereocenters. The predicted octanol–water partition coefficient (Wildman–Crippen LogP) is 3.97. The number of carbonyl (C=O) groups excluding carboxylic acids is 2. The fourth-order valence-corrected chi connectivity index (χ4v) is 5.60. The third kappa shape index (κ3) is 4.27. The SMILES string of the molecule is CC1=C(C(C)Br)C(S(=O)(=O)c2ccc(C)cc2)N(C(=O)OC(C)(C)C)C1=O. The Labute approximate surface area is 168 Å². The molecule has 1 aromatic carbocycles. The molecule has 0 saturated carbocycles. The van der Waals surface area contributed by atoms with Crippen LogP contribution in [0.25, 0.3) is 0 Å². The molecule has 8 heteroatoms. The zero-order valence-electron chi connectivity index (χ0n) is 16.2. The van der Waals surface area contributed by atoms with Gasteiger partial charge in [0.05, 0.1) is 4.90 Å². The van der Waals surface area contributed by atoms with Gasteiger partial charge in [0.15, 0.2) is 5.37 Å². The molecular formula is C19H24BrNO5S. The zero-order valence-corrected chi connectivity index (χ0v) is 18.6. The van der Waals surface area contributed by atoms with Crippen LogP contribution in [0, 0.1) is 6.92 Å². The van der Waals surface area contributed by atoms with Crippen molar-refractivity contribution in [3.05, 3.63) is 41.0 Å². The van der Waals surface area contributed by atoms with Crippen LogP contribution in [0.1, 0.15) is 40.2 Å². The van der Waals surface area contributed by atoms with E-state index in [-0.39, 0.29) is 10.5 Å². The molecule has 0 fully saturated rings. The highest BCUT2D eigenvalue weighted by Crippen LogP contribution is 2.38. The van der Waals surface area contributed by atoms with Gasteiger partial charge in [-0.15, -0.1) is 0 Å². The van der Waals surface area contributed by atoms with Gasteiger partial charge in [-0.05, 0) is 59.2 Å². The van der Waals surface area contributed by atoms with E-state index in [1.165, 1.54) is 19.1 Å². The van der Waals surface area contributed by atoms with Crippen molar-refractivity contribution in [2.24, 2.45) is 0 Å². The van der Waals surface area contributed by atoms with E-state index < -0.39 is 37.6 Å². The summed E-state index contributed by atoms with van der Waals surface area (Å²) in [6.45, 7) is 10.1. The van der Waals surface area contributed by atoms with Gasteiger partial charge < -0.3 is 4.74 Å². The summed E-state index contributed by atoms with van der Waals surface area (Å²) in [5, 5.41) is -1.45. The molecule has 27 heavy (non-hydrogen) atoms. The molecular weight excluding hydrogens is 434 g/mol. The summed E-state index contributed by atoms with van der Waals surface area (Å²) in [6, 6.07) is 6.31. The number of nitrogens with zero attached hydrogens (tertiary/aromatic N) is 1. The molecule has 1 aromatic rings. The van der Waals surface area contributed by atoms with Crippen LogP contribution in [0.4, 0.5) is 4.79 Å². The molecule has 1 aliphatic rings. The summed E-state index contributed by atoms with van der Waals surface area (Å²) in [5.41, 5.74) is 0.602. The average molecular weight is 458 g/mol. The van der Waals surface area contributed by atoms with Crippen LogP contribution in [0.5, 0.6) is 0 Å². The number of sulfone groups is 1. The normalized spacial score (nSPS) is 19.4. The topological polar surface area (TPSA) is 80.8 Å². The summed E-state index contributed by atoms with van der Waals surface area (Å²) in [6.07, 6.45) is -0.976. The fraction of sp³-hybridized carbons (Fsp3) is 0.474. The van der Waals surface area contributed by atoms with Crippen molar-refractivity contribution in [2.75, 3.05) is 0 Å². The van der Waals surface area contributed by atoms with E-state index in [9.17, 15) is 18.0 Å². The number of ether oxygens (including phenoxy) is 1. The molecule has 2 atom stereocenters. The quantitative estimate of drug-likeness (QED) is 0.641. The van der Waals surface area contributed by atoms with Crippen LogP contribution in [-0.4, -0.2) is 41.1 Å². The van der Waals surface area contributed by atoms with Crippen LogP contribution in [-0.2, 0) is 19.4 Å². The van der Waals surface area contributed by atoms with Crippen molar-refractivity contribution >= 4 is 37.8 Å². The van der Waals surface area contributed by atoms with Gasteiger partial charge in [0.25, 0.3) is 5.91 Å². The van der Waals surface area contributed by atoms with Crippen molar-refractivity contribution in [3.63, 3.8) is 0 Å². The number of hydrogen-bond acceptors (Lipinski definition) is 5. The van der Waals surface area contributed by atoms with Crippen molar-refractivity contribution in [2.45, 2.75) is 62.2 Å². The molecule has 0 radical (unpaired) electrons. The highest BCUT2D eigenvalue weighted by molar-refractivity contribution is 9.09. The van der Waals surface area contributed by atoms with Crippen molar-refractivity contribution in [1.29, 1.82) is 0 Å². The third-order valence-electron chi connectivity index (χ3n) is 4.14. The van der Waals surface area contributed by atoms with Gasteiger partial charge in [-0.3, -0.25) is 4.79 Å². The standard InChI is InChI=1S/C19H24BrNO5S/c1-11-7-9-14(10-8-11)27(24,25)17-15(13(3)20)12(2)16(22)21(17)18(23)26-19(4,5)6/h7-10,13,17H,1-6H3. The number of rotatable bonds is 3. The molecule has 2 rings (SSSR count). The minimum Gasteiger partial charge on any atom is -0.443 e. The second-order valence-electron chi connectivity index (χ2n) is 7.56. The number of carbonyl (C=O) groups is 2. The van der Waals surface area contributed by atoms with Gasteiger partial charge in [-0.25, -0.2) is 18.1 Å². The summed E-state index contributed by atoms with van der Waals surface area (Å²) < 4.78 is 32.1. The molecule has 0 aromatic heterocycles. The van der Waals surface area contributed by atoms with Crippen molar-refractivity contribution < 1.29 is 22.7 Å². The molecule has 2 amide bonds. The van der Waals surface area contributed by atoms with E-state index >= 15 is 0 Å². The van der Waals surface area contributed by atoms with Gasteiger partial charge >= 0.3 is 6.09 Å². The molecule has 0 aliphatic carbocycles. The molecule has 6 nitrogen and oxygen atoms in total. The minimum atomic E-state index is -4.05. The van der Waals surface area contributed by atoms with E-state index in [1.807, 2.05) is 6.92 Å². The van der Waals surface area contributed by atoms with E-state index in [2.05, 4.69) is 15.9 Å². The monoisotopic (exact) mass is 457 g/mol. The van der Waals surface area contributed by atoms with Crippen LogP contribution in [0.15, 0.2) is 40.3 Å². The third-order valence-corrected chi connectivity index (χ3v) is 6.61. The maximum Gasteiger partial charge on any atom is 0.418 e. The smallest absolute Gasteiger partial charge is 0.418 e. The van der Waals surface area contributed by atoms with E-state index in [1.54, 1.807) is 39.8 Å². The van der Waals surface area contributed by atoms with E-state index in [4.69, 9.17) is 4.74 Å². The van der Waals surface area contributed by atoms with Crippen molar-refractivity contribution in [1.82, 2.24) is 4.90 Å². The molecule has 0 bridgehead atoms. The Balaban J connectivity index is 2.62. The van der Waals surface area contributed by atoms with Crippen molar-refractivity contribution in [3.8, 4) is 0 Å². The Bertz CT molecular complexity index is 895. The summed E-state index contributed by atoms with van der Waals surface area (Å²) in [5.74, 6) is -0.661. The lowest BCUT2D eigenvalue weighted by Crippen LogP contribution is -2.47. The van der Waals surface area contributed by atoms with Crippen LogP contribution in [0.3, 0.4) is 0 Å². The number of aryl methyl sites for hydroxylation is 1. The number of halogens is 1. The Morgan fingerprint density at radius 1 is 1.19 bits per heavy atom. The maximum absolute atomic E-state index is 13.4. The molecule has 148 valence electrons. The zero-order chi connectivity index (χ0) is 20.7. The fourth-order valence-electron chi connectivity index (χ4n) is 2.88. The number of amides is 2.